The van der Waals surface area contributed by atoms with Crippen molar-refractivity contribution in [2.75, 3.05) is 14.2 Å². The second kappa shape index (κ2) is 7.65. The predicted molar refractivity (Wildman–Crippen MR) is 91.2 cm³/mol. The maximum Gasteiger partial charge on any atom is 0.345 e. The standard InChI is InChI=1S/C18H19NO6/c1-11-5-6-12(2)13(7-11)10-25-18(20)14-8-16(23-3)17(24-4)9-15(14)19(21)22/h5-9H,10H2,1-4H3. The van der Waals surface area contributed by atoms with Crippen LogP contribution in [0.1, 0.15) is 27.0 Å². The van der Waals surface area contributed by atoms with E-state index in [4.69, 9.17) is 14.2 Å². The van der Waals surface area contributed by atoms with Gasteiger partial charge in [-0.25, -0.2) is 4.79 Å². The van der Waals surface area contributed by atoms with E-state index in [0.29, 0.717) is 0 Å². The Balaban J connectivity index is 2.31. The molecule has 0 aliphatic rings. The van der Waals surface area contributed by atoms with Crippen molar-refractivity contribution in [1.29, 1.82) is 0 Å². The Labute approximate surface area is 145 Å². The molecule has 7 nitrogen and oxygen atoms in total. The number of nitro groups is 1. The molecule has 0 bridgehead atoms. The van der Waals surface area contributed by atoms with Gasteiger partial charge in [0.25, 0.3) is 5.69 Å². The fourth-order valence-electron chi connectivity index (χ4n) is 2.36. The number of ether oxygens (including phenoxy) is 3. The Kier molecular flexibility index (Phi) is 5.59. The van der Waals surface area contributed by atoms with Crippen LogP contribution in [0.15, 0.2) is 30.3 Å². The van der Waals surface area contributed by atoms with Gasteiger partial charge in [-0.3, -0.25) is 10.1 Å². The molecule has 0 heterocycles. The summed E-state index contributed by atoms with van der Waals surface area (Å²) < 4.78 is 15.4. The molecule has 0 atom stereocenters. The number of carbonyl (C=O) groups excluding carboxylic acids is 1. The van der Waals surface area contributed by atoms with Crippen LogP contribution in [0.3, 0.4) is 0 Å². The highest BCUT2D eigenvalue weighted by Gasteiger charge is 2.25. The van der Waals surface area contributed by atoms with Crippen LogP contribution in [-0.4, -0.2) is 25.1 Å². The molecule has 2 aromatic carbocycles. The Morgan fingerprint density at radius 1 is 1.08 bits per heavy atom. The second-order valence-electron chi connectivity index (χ2n) is 5.49. The zero-order valence-electron chi connectivity index (χ0n) is 14.5. The minimum Gasteiger partial charge on any atom is -0.493 e. The summed E-state index contributed by atoms with van der Waals surface area (Å²) in [6.07, 6.45) is 0. The van der Waals surface area contributed by atoms with E-state index in [-0.39, 0.29) is 23.7 Å². The summed E-state index contributed by atoms with van der Waals surface area (Å²) in [5, 5.41) is 11.3. The number of nitrogens with zero attached hydrogens (tertiary/aromatic N) is 1. The zero-order chi connectivity index (χ0) is 18.6. The van der Waals surface area contributed by atoms with Gasteiger partial charge in [-0.2, -0.15) is 0 Å². The number of carbonyl (C=O) groups is 1. The van der Waals surface area contributed by atoms with Crippen LogP contribution >= 0.6 is 0 Å². The van der Waals surface area contributed by atoms with E-state index in [2.05, 4.69) is 0 Å². The van der Waals surface area contributed by atoms with Crippen molar-refractivity contribution in [2.45, 2.75) is 20.5 Å². The first-order valence-electron chi connectivity index (χ1n) is 7.51. The van der Waals surface area contributed by atoms with Gasteiger partial charge in [-0.1, -0.05) is 23.8 Å². The van der Waals surface area contributed by atoms with Crippen molar-refractivity contribution >= 4 is 11.7 Å². The predicted octanol–water partition coefficient (Wildman–Crippen LogP) is 3.59. The first kappa shape index (κ1) is 18.3. The van der Waals surface area contributed by atoms with Gasteiger partial charge < -0.3 is 14.2 Å². The molecular weight excluding hydrogens is 326 g/mol. The molecule has 0 fully saturated rings. The SMILES string of the molecule is COc1cc(C(=O)OCc2cc(C)ccc2C)c([N+](=O)[O-])cc1OC. The number of hydrogen-bond donors (Lipinski definition) is 0. The molecule has 0 saturated carbocycles. The third kappa shape index (κ3) is 4.06. The molecule has 7 heteroatoms. The van der Waals surface area contributed by atoms with E-state index in [0.717, 1.165) is 22.8 Å². The normalized spacial score (nSPS) is 10.2. The molecule has 2 rings (SSSR count). The Bertz CT molecular complexity index is 815. The van der Waals surface area contributed by atoms with E-state index >= 15 is 0 Å². The van der Waals surface area contributed by atoms with Crippen LogP contribution in [0.5, 0.6) is 11.5 Å². The van der Waals surface area contributed by atoms with Gasteiger partial charge in [0.15, 0.2) is 11.5 Å². The van der Waals surface area contributed by atoms with Crippen LogP contribution < -0.4 is 9.47 Å². The molecule has 0 saturated heterocycles. The molecule has 132 valence electrons. The van der Waals surface area contributed by atoms with Crippen molar-refractivity contribution in [3.05, 3.63) is 62.7 Å². The van der Waals surface area contributed by atoms with E-state index in [9.17, 15) is 14.9 Å². The number of nitro benzene ring substituents is 1. The van der Waals surface area contributed by atoms with Crippen molar-refractivity contribution < 1.29 is 23.9 Å². The lowest BCUT2D eigenvalue weighted by molar-refractivity contribution is -0.385. The maximum atomic E-state index is 12.4. The minimum atomic E-state index is -0.798. The quantitative estimate of drug-likeness (QED) is 0.452. The molecule has 0 spiro atoms. The number of aryl methyl sites for hydroxylation is 2. The summed E-state index contributed by atoms with van der Waals surface area (Å²) in [7, 11) is 2.75. The largest absolute Gasteiger partial charge is 0.493 e. The number of hydrogen-bond acceptors (Lipinski definition) is 6. The van der Waals surface area contributed by atoms with E-state index < -0.39 is 16.6 Å². The molecule has 0 N–H and O–H groups in total. The first-order valence-corrected chi connectivity index (χ1v) is 7.51. The monoisotopic (exact) mass is 345 g/mol. The van der Waals surface area contributed by atoms with Gasteiger partial charge in [-0.15, -0.1) is 0 Å². The van der Waals surface area contributed by atoms with Gasteiger partial charge >= 0.3 is 5.97 Å². The van der Waals surface area contributed by atoms with Crippen molar-refractivity contribution in [2.24, 2.45) is 0 Å². The van der Waals surface area contributed by atoms with Gasteiger partial charge in [0.1, 0.15) is 12.2 Å². The summed E-state index contributed by atoms with van der Waals surface area (Å²) in [5.41, 5.74) is 2.27. The molecular formula is C18H19NO6. The van der Waals surface area contributed by atoms with E-state index in [1.165, 1.54) is 20.3 Å². The average Bonchev–Trinajstić information content (AvgIpc) is 2.60. The fourth-order valence-corrected chi connectivity index (χ4v) is 2.36. The minimum absolute atomic E-state index is 0.0256. The molecule has 0 aliphatic heterocycles. The smallest absolute Gasteiger partial charge is 0.345 e. The van der Waals surface area contributed by atoms with Crippen LogP contribution in [-0.2, 0) is 11.3 Å². The molecule has 25 heavy (non-hydrogen) atoms. The van der Waals surface area contributed by atoms with Crippen LogP contribution in [0.2, 0.25) is 0 Å². The van der Waals surface area contributed by atoms with E-state index in [1.54, 1.807) is 0 Å². The van der Waals surface area contributed by atoms with Crippen LogP contribution in [0, 0.1) is 24.0 Å². The Morgan fingerprint density at radius 2 is 1.72 bits per heavy atom. The Hall–Kier alpha value is -3.09. The number of rotatable bonds is 6. The number of benzene rings is 2. The van der Waals surface area contributed by atoms with E-state index in [1.807, 2.05) is 32.0 Å². The first-order chi connectivity index (χ1) is 11.9. The van der Waals surface area contributed by atoms with Crippen molar-refractivity contribution in [3.8, 4) is 11.5 Å². The highest BCUT2D eigenvalue weighted by Crippen LogP contribution is 2.35. The van der Waals surface area contributed by atoms with Crippen LogP contribution in [0.25, 0.3) is 0 Å². The highest BCUT2D eigenvalue weighted by molar-refractivity contribution is 5.95. The van der Waals surface area contributed by atoms with Gasteiger partial charge in [-0.05, 0) is 25.0 Å². The lowest BCUT2D eigenvalue weighted by Gasteiger charge is -2.11. The number of esters is 1. The zero-order valence-corrected chi connectivity index (χ0v) is 14.5. The topological polar surface area (TPSA) is 87.9 Å². The molecule has 0 aromatic heterocycles. The maximum absolute atomic E-state index is 12.4. The molecule has 2 aromatic rings. The fraction of sp³-hybridized carbons (Fsp3) is 0.278. The highest BCUT2D eigenvalue weighted by atomic mass is 16.6. The van der Waals surface area contributed by atoms with Crippen molar-refractivity contribution in [3.63, 3.8) is 0 Å². The summed E-state index contributed by atoms with van der Waals surface area (Å²) in [6.45, 7) is 3.86. The molecule has 0 aliphatic carbocycles. The summed E-state index contributed by atoms with van der Waals surface area (Å²) >= 11 is 0. The van der Waals surface area contributed by atoms with Gasteiger partial charge in [0, 0.05) is 6.07 Å². The molecule has 0 radical (unpaired) electrons. The third-order valence-electron chi connectivity index (χ3n) is 3.78. The lowest BCUT2D eigenvalue weighted by Crippen LogP contribution is -2.10. The third-order valence-corrected chi connectivity index (χ3v) is 3.78. The summed E-state index contributed by atoms with van der Waals surface area (Å²) in [4.78, 5) is 23.0. The summed E-state index contributed by atoms with van der Waals surface area (Å²) in [6, 6.07) is 8.19. The summed E-state index contributed by atoms with van der Waals surface area (Å²) in [5.74, 6) is -0.416. The van der Waals surface area contributed by atoms with Gasteiger partial charge in [0.2, 0.25) is 0 Å². The number of methoxy groups -OCH3 is 2. The average molecular weight is 345 g/mol. The van der Waals surface area contributed by atoms with Crippen LogP contribution in [0.4, 0.5) is 5.69 Å². The molecule has 0 unspecified atom stereocenters. The van der Waals surface area contributed by atoms with Crippen molar-refractivity contribution in [1.82, 2.24) is 0 Å². The lowest BCUT2D eigenvalue weighted by atomic mass is 10.1. The second-order valence-corrected chi connectivity index (χ2v) is 5.49. The Morgan fingerprint density at radius 3 is 2.32 bits per heavy atom. The molecule has 0 amide bonds. The van der Waals surface area contributed by atoms with Gasteiger partial charge in [0.05, 0.1) is 25.2 Å².